The number of hydrogen-bond donors (Lipinski definition) is 4. The fraction of sp³-hybridized carbons (Fsp3) is 1.00. The Labute approximate surface area is 59.0 Å². The highest BCUT2D eigenvalue weighted by molar-refractivity contribution is 7.80. The predicted molar refractivity (Wildman–Crippen MR) is 38.5 cm³/mol. The third-order valence-electron chi connectivity index (χ3n) is 0.857. The van der Waals surface area contributed by atoms with Crippen LogP contribution < -0.4 is 5.73 Å². The van der Waals surface area contributed by atoms with E-state index in [1.165, 1.54) is 0 Å². The zero-order valence-corrected chi connectivity index (χ0v) is 6.55. The lowest BCUT2D eigenvalue weighted by atomic mass is 10.5. The van der Waals surface area contributed by atoms with Crippen molar-refractivity contribution in [1.82, 2.24) is 0 Å². The molecular formula is C3H10NO3PS. The molecule has 0 amide bonds. The minimum absolute atomic E-state index is 0.243. The molecule has 0 aliphatic carbocycles. The Bertz CT molecular complexity index is 124. The number of thiol groups is 1. The largest absolute Gasteiger partial charge is 0.342 e. The summed E-state index contributed by atoms with van der Waals surface area (Å²) in [5.41, 5.74) is 5.05. The predicted octanol–water partition coefficient (Wildman–Crippen LogP) is -0.231. The van der Waals surface area contributed by atoms with Crippen molar-refractivity contribution in [2.45, 2.75) is 12.2 Å². The van der Waals surface area contributed by atoms with E-state index in [1.54, 1.807) is 0 Å². The molecule has 4 N–H and O–H groups in total. The average Bonchev–Trinajstić information content (AvgIpc) is 1.64. The molecule has 0 bridgehead atoms. The van der Waals surface area contributed by atoms with Crippen molar-refractivity contribution < 1.29 is 14.4 Å². The van der Waals surface area contributed by atoms with Gasteiger partial charge >= 0.3 is 7.60 Å². The molecule has 0 spiro atoms. The lowest BCUT2D eigenvalue weighted by Crippen LogP contribution is -2.20. The van der Waals surface area contributed by atoms with Gasteiger partial charge in [-0.25, -0.2) is 0 Å². The van der Waals surface area contributed by atoms with Gasteiger partial charge in [-0.3, -0.25) is 4.57 Å². The molecule has 0 radical (unpaired) electrons. The summed E-state index contributed by atoms with van der Waals surface area (Å²) < 4.78 is 10.3. The molecule has 9 heavy (non-hydrogen) atoms. The highest BCUT2D eigenvalue weighted by Crippen LogP contribution is 2.39. The van der Waals surface area contributed by atoms with Gasteiger partial charge in [-0.2, -0.15) is 12.6 Å². The van der Waals surface area contributed by atoms with Crippen LogP contribution in [0.15, 0.2) is 0 Å². The van der Waals surface area contributed by atoms with E-state index in [1.807, 2.05) is 0 Å². The number of rotatable bonds is 3. The summed E-state index contributed by atoms with van der Waals surface area (Å²) in [6.07, 6.45) is 0.243. The number of nitrogens with two attached hydrogens (primary N) is 1. The normalized spacial score (nSPS) is 15.6. The molecule has 0 saturated heterocycles. The minimum Gasteiger partial charge on any atom is -0.323 e. The van der Waals surface area contributed by atoms with Crippen LogP contribution in [0.2, 0.25) is 0 Å². The molecule has 0 heterocycles. The summed E-state index contributed by atoms with van der Waals surface area (Å²) >= 11 is 3.77. The van der Waals surface area contributed by atoms with Gasteiger partial charge in [0.1, 0.15) is 5.78 Å². The van der Waals surface area contributed by atoms with Gasteiger partial charge in [-0.05, 0) is 12.2 Å². The zero-order valence-electron chi connectivity index (χ0n) is 4.77. The summed E-state index contributed by atoms with van der Waals surface area (Å²) in [6, 6.07) is 0. The zero-order chi connectivity index (χ0) is 7.49. The monoisotopic (exact) mass is 171 g/mol. The summed E-state index contributed by atoms with van der Waals surface area (Å²) in [6.45, 7) is 0. The van der Waals surface area contributed by atoms with E-state index in [9.17, 15) is 4.57 Å². The van der Waals surface area contributed by atoms with E-state index in [0.29, 0.717) is 5.75 Å². The van der Waals surface area contributed by atoms with E-state index in [2.05, 4.69) is 12.6 Å². The Hall–Kier alpha value is 0.460. The SMILES string of the molecule is N[C@@H](CCS)P(=O)(O)O. The second kappa shape index (κ2) is 3.58. The Kier molecular flexibility index (Phi) is 3.77. The lowest BCUT2D eigenvalue weighted by Gasteiger charge is -2.10. The van der Waals surface area contributed by atoms with Crippen molar-refractivity contribution in [2.24, 2.45) is 5.73 Å². The Balaban J connectivity index is 3.74. The topological polar surface area (TPSA) is 83.6 Å². The molecule has 0 aromatic heterocycles. The third-order valence-corrected chi connectivity index (χ3v) is 2.24. The van der Waals surface area contributed by atoms with Gasteiger partial charge in [0.05, 0.1) is 0 Å². The summed E-state index contributed by atoms with van der Waals surface area (Å²) in [4.78, 5) is 16.7. The van der Waals surface area contributed by atoms with Crippen LogP contribution in [0, 0.1) is 0 Å². The highest BCUT2D eigenvalue weighted by Gasteiger charge is 2.22. The van der Waals surface area contributed by atoms with Crippen LogP contribution in [0.25, 0.3) is 0 Å². The minimum atomic E-state index is -4.04. The van der Waals surface area contributed by atoms with Crippen LogP contribution in [-0.4, -0.2) is 21.3 Å². The Morgan fingerprint density at radius 3 is 2.22 bits per heavy atom. The van der Waals surface area contributed by atoms with Crippen LogP contribution in [-0.2, 0) is 4.57 Å². The fourth-order valence-electron chi connectivity index (χ4n) is 0.300. The summed E-state index contributed by atoms with van der Waals surface area (Å²) in [5.74, 6) is -0.651. The van der Waals surface area contributed by atoms with E-state index >= 15 is 0 Å². The van der Waals surface area contributed by atoms with Crippen LogP contribution in [0.3, 0.4) is 0 Å². The van der Waals surface area contributed by atoms with E-state index in [4.69, 9.17) is 15.5 Å². The van der Waals surface area contributed by atoms with Crippen molar-refractivity contribution in [1.29, 1.82) is 0 Å². The molecule has 0 aromatic carbocycles. The number of hydrogen-bond acceptors (Lipinski definition) is 3. The van der Waals surface area contributed by atoms with E-state index in [-0.39, 0.29) is 6.42 Å². The van der Waals surface area contributed by atoms with Gasteiger partial charge in [0.25, 0.3) is 0 Å². The second-order valence-corrected chi connectivity index (χ2v) is 3.96. The van der Waals surface area contributed by atoms with Crippen LogP contribution in [0.5, 0.6) is 0 Å². The van der Waals surface area contributed by atoms with Gasteiger partial charge in [0.2, 0.25) is 0 Å². The molecule has 0 aliphatic rings. The van der Waals surface area contributed by atoms with Crippen molar-refractivity contribution in [3.8, 4) is 0 Å². The Morgan fingerprint density at radius 2 is 2.11 bits per heavy atom. The van der Waals surface area contributed by atoms with Crippen molar-refractivity contribution in [3.63, 3.8) is 0 Å². The van der Waals surface area contributed by atoms with Gasteiger partial charge < -0.3 is 15.5 Å². The molecule has 0 fully saturated rings. The van der Waals surface area contributed by atoms with Crippen LogP contribution in [0.4, 0.5) is 0 Å². The van der Waals surface area contributed by atoms with Crippen molar-refractivity contribution in [3.05, 3.63) is 0 Å². The third kappa shape index (κ3) is 3.95. The average molecular weight is 171 g/mol. The van der Waals surface area contributed by atoms with Crippen molar-refractivity contribution >= 4 is 20.2 Å². The van der Waals surface area contributed by atoms with Gasteiger partial charge in [0.15, 0.2) is 0 Å². The fourth-order valence-corrected chi connectivity index (χ4v) is 1.25. The summed E-state index contributed by atoms with van der Waals surface area (Å²) in [5, 5.41) is 0. The first kappa shape index (κ1) is 9.46. The molecular weight excluding hydrogens is 161 g/mol. The van der Waals surface area contributed by atoms with Gasteiger partial charge in [-0.1, -0.05) is 0 Å². The molecule has 4 nitrogen and oxygen atoms in total. The smallest absolute Gasteiger partial charge is 0.323 e. The summed E-state index contributed by atoms with van der Waals surface area (Å²) in [7, 11) is -4.04. The van der Waals surface area contributed by atoms with Gasteiger partial charge in [0, 0.05) is 0 Å². The maximum atomic E-state index is 10.3. The van der Waals surface area contributed by atoms with Crippen LogP contribution >= 0.6 is 20.2 Å². The highest BCUT2D eigenvalue weighted by atomic mass is 32.1. The quantitative estimate of drug-likeness (QED) is 0.349. The molecule has 6 heteroatoms. The molecule has 0 saturated carbocycles. The Morgan fingerprint density at radius 1 is 1.67 bits per heavy atom. The van der Waals surface area contributed by atoms with Crippen molar-refractivity contribution in [2.75, 3.05) is 5.75 Å². The van der Waals surface area contributed by atoms with E-state index in [0.717, 1.165) is 0 Å². The first-order chi connectivity index (χ1) is 3.98. The molecule has 1 atom stereocenters. The first-order valence-electron chi connectivity index (χ1n) is 2.40. The lowest BCUT2D eigenvalue weighted by molar-refractivity contribution is 0.357. The maximum Gasteiger partial charge on any atom is 0.342 e. The maximum absolute atomic E-state index is 10.3. The van der Waals surface area contributed by atoms with Crippen LogP contribution in [0.1, 0.15) is 6.42 Å². The molecule has 0 aromatic rings. The standard InChI is InChI=1S/C3H10NO3PS/c4-3(1-2-9)8(5,6)7/h3,9H,1-2,4H2,(H2,5,6,7)/t3-/m1/s1. The van der Waals surface area contributed by atoms with E-state index < -0.39 is 13.4 Å². The molecule has 0 unspecified atom stereocenters. The first-order valence-corrected chi connectivity index (χ1v) is 4.71. The molecule has 0 rings (SSSR count). The molecule has 56 valence electrons. The molecule has 0 aliphatic heterocycles. The second-order valence-electron chi connectivity index (χ2n) is 1.67. The van der Waals surface area contributed by atoms with Gasteiger partial charge in [-0.15, -0.1) is 0 Å².